The van der Waals surface area contributed by atoms with Crippen LogP contribution in [0.5, 0.6) is 0 Å². The number of aryl methyl sites for hydroxylation is 1. The Kier molecular flexibility index (Phi) is 9.53. The summed E-state index contributed by atoms with van der Waals surface area (Å²) in [5.74, 6) is -0.391. The summed E-state index contributed by atoms with van der Waals surface area (Å²) in [7, 11) is 0. The maximum Gasteiger partial charge on any atom is 0.416 e. The molecule has 1 N–H and O–H groups in total. The number of aromatic amines is 1. The highest BCUT2D eigenvalue weighted by atomic mass is 19.4. The first kappa shape index (κ1) is 30.4. The molecular weight excluding hydrogens is 551 g/mol. The predicted molar refractivity (Wildman–Crippen MR) is 163 cm³/mol. The van der Waals surface area contributed by atoms with Crippen LogP contribution >= 0.6 is 0 Å². The molecule has 43 heavy (non-hydrogen) atoms. The van der Waals surface area contributed by atoms with E-state index in [-0.39, 0.29) is 30.9 Å². The molecule has 1 aromatic heterocycles. The van der Waals surface area contributed by atoms with Gasteiger partial charge in [0.15, 0.2) is 0 Å². The molecule has 0 spiro atoms. The lowest BCUT2D eigenvalue weighted by Crippen LogP contribution is -2.44. The molecule has 8 heteroatoms. The zero-order valence-corrected chi connectivity index (χ0v) is 24.5. The number of alkyl halides is 3. The Bertz CT molecular complexity index is 1520. The standard InChI is InChI=1S/C35H38F3N3O2/c1-2-3-4-7-25-10-14-27(15-11-25)34(43)41(30-18-19-30)24-33(42)40(23-26-12-16-29(17-13-26)35(36,37)38)21-20-28-22-39-32-9-6-5-8-31(28)32/h5-6,8-17,22,30,39H,2-4,7,18-21,23-24H2,1H3. The van der Waals surface area contributed by atoms with Gasteiger partial charge >= 0.3 is 6.18 Å². The molecule has 1 fully saturated rings. The third-order valence-corrected chi connectivity index (χ3v) is 8.16. The summed E-state index contributed by atoms with van der Waals surface area (Å²) in [4.78, 5) is 34.0. The number of carbonyl (C=O) groups is 2. The third kappa shape index (κ3) is 7.86. The second-order valence-corrected chi connectivity index (χ2v) is 11.4. The number of carbonyl (C=O) groups excluding carboxylic acids is 2. The molecule has 226 valence electrons. The van der Waals surface area contributed by atoms with Crippen LogP contribution in [0.3, 0.4) is 0 Å². The second-order valence-electron chi connectivity index (χ2n) is 11.4. The predicted octanol–water partition coefficient (Wildman–Crippen LogP) is 7.80. The van der Waals surface area contributed by atoms with E-state index in [2.05, 4.69) is 11.9 Å². The van der Waals surface area contributed by atoms with Crippen molar-refractivity contribution in [1.82, 2.24) is 14.8 Å². The zero-order chi connectivity index (χ0) is 30.4. The number of H-pyrrole nitrogens is 1. The van der Waals surface area contributed by atoms with E-state index >= 15 is 0 Å². The number of nitrogens with one attached hydrogen (secondary N) is 1. The summed E-state index contributed by atoms with van der Waals surface area (Å²) in [5.41, 5.74) is 3.68. The van der Waals surface area contributed by atoms with Gasteiger partial charge in [-0.25, -0.2) is 0 Å². The number of aromatic nitrogens is 1. The van der Waals surface area contributed by atoms with Crippen molar-refractivity contribution in [3.8, 4) is 0 Å². The number of amides is 2. The smallest absolute Gasteiger partial charge is 0.361 e. The molecule has 5 nitrogen and oxygen atoms in total. The monoisotopic (exact) mass is 589 g/mol. The molecule has 0 bridgehead atoms. The summed E-state index contributed by atoms with van der Waals surface area (Å²) in [6.07, 6.45) is 4.17. The SMILES string of the molecule is CCCCCc1ccc(C(=O)N(CC(=O)N(CCc2c[nH]c3ccccc23)Cc2ccc(C(F)(F)F)cc2)C2CC2)cc1. The highest BCUT2D eigenvalue weighted by Crippen LogP contribution is 2.30. The number of rotatable bonds is 13. The fourth-order valence-corrected chi connectivity index (χ4v) is 5.46. The molecule has 0 unspecified atom stereocenters. The highest BCUT2D eigenvalue weighted by molar-refractivity contribution is 5.97. The maximum absolute atomic E-state index is 13.8. The van der Waals surface area contributed by atoms with E-state index in [1.165, 1.54) is 24.1 Å². The third-order valence-electron chi connectivity index (χ3n) is 8.16. The van der Waals surface area contributed by atoms with Gasteiger partial charge in [0.25, 0.3) is 5.91 Å². The Labute approximate surface area is 250 Å². The normalized spacial score (nSPS) is 13.3. The average molecular weight is 590 g/mol. The lowest BCUT2D eigenvalue weighted by atomic mass is 10.0. The fourth-order valence-electron chi connectivity index (χ4n) is 5.46. The molecule has 0 radical (unpaired) electrons. The van der Waals surface area contributed by atoms with Crippen LogP contribution in [0.25, 0.3) is 10.9 Å². The lowest BCUT2D eigenvalue weighted by molar-refractivity contribution is -0.137. The van der Waals surface area contributed by atoms with Gasteiger partial charge in [0, 0.05) is 41.8 Å². The molecule has 0 aliphatic heterocycles. The van der Waals surface area contributed by atoms with Crippen LogP contribution < -0.4 is 0 Å². The molecule has 4 aromatic rings. The van der Waals surface area contributed by atoms with E-state index in [0.29, 0.717) is 24.1 Å². The second kappa shape index (κ2) is 13.5. The van der Waals surface area contributed by atoms with E-state index in [4.69, 9.17) is 0 Å². The summed E-state index contributed by atoms with van der Waals surface area (Å²) in [5, 5.41) is 1.07. The Balaban J connectivity index is 1.32. The van der Waals surface area contributed by atoms with E-state index in [1.54, 1.807) is 9.80 Å². The van der Waals surface area contributed by atoms with Crippen molar-refractivity contribution >= 4 is 22.7 Å². The van der Waals surface area contributed by atoms with Gasteiger partial charge < -0.3 is 14.8 Å². The number of hydrogen-bond acceptors (Lipinski definition) is 2. The highest BCUT2D eigenvalue weighted by Gasteiger charge is 2.35. The van der Waals surface area contributed by atoms with Crippen LogP contribution in [0.15, 0.2) is 79.0 Å². The molecule has 1 heterocycles. The van der Waals surface area contributed by atoms with Gasteiger partial charge in [-0.05, 0) is 79.1 Å². The minimum absolute atomic E-state index is 0.0159. The van der Waals surface area contributed by atoms with Crippen LogP contribution in [-0.4, -0.2) is 45.7 Å². The minimum atomic E-state index is -4.43. The number of benzene rings is 3. The summed E-state index contributed by atoms with van der Waals surface area (Å²) in [6.45, 7) is 2.61. The first-order valence-electron chi connectivity index (χ1n) is 15.1. The van der Waals surface area contributed by atoms with Crippen molar-refractivity contribution in [1.29, 1.82) is 0 Å². The molecule has 1 aliphatic carbocycles. The van der Waals surface area contributed by atoms with E-state index < -0.39 is 11.7 Å². The van der Waals surface area contributed by atoms with Gasteiger partial charge in [0.05, 0.1) is 5.56 Å². The van der Waals surface area contributed by atoms with Crippen LogP contribution in [0.1, 0.15) is 71.6 Å². The first-order chi connectivity index (χ1) is 20.7. The van der Waals surface area contributed by atoms with Gasteiger partial charge in [0.2, 0.25) is 5.91 Å². The van der Waals surface area contributed by atoms with Crippen molar-refractivity contribution in [2.75, 3.05) is 13.1 Å². The van der Waals surface area contributed by atoms with Crippen molar-refractivity contribution in [2.45, 2.75) is 70.6 Å². The number of para-hydroxylation sites is 1. The van der Waals surface area contributed by atoms with Gasteiger partial charge in [-0.2, -0.15) is 13.2 Å². The molecule has 1 saturated carbocycles. The molecule has 2 amide bonds. The molecule has 0 atom stereocenters. The van der Waals surface area contributed by atoms with Crippen molar-refractivity contribution < 1.29 is 22.8 Å². The molecular formula is C35H38F3N3O2. The number of nitrogens with zero attached hydrogens (tertiary/aromatic N) is 2. The van der Waals surface area contributed by atoms with E-state index in [0.717, 1.165) is 60.7 Å². The van der Waals surface area contributed by atoms with Crippen molar-refractivity contribution in [3.05, 3.63) is 107 Å². The Morgan fingerprint density at radius 1 is 0.884 bits per heavy atom. The topological polar surface area (TPSA) is 56.4 Å². The number of hydrogen-bond donors (Lipinski definition) is 1. The van der Waals surface area contributed by atoms with Crippen molar-refractivity contribution in [3.63, 3.8) is 0 Å². The Morgan fingerprint density at radius 2 is 1.58 bits per heavy atom. The Hall–Kier alpha value is -4.07. The van der Waals surface area contributed by atoms with Crippen molar-refractivity contribution in [2.24, 2.45) is 0 Å². The van der Waals surface area contributed by atoms with Crippen LogP contribution in [-0.2, 0) is 30.4 Å². The largest absolute Gasteiger partial charge is 0.416 e. The van der Waals surface area contributed by atoms with Crippen LogP contribution in [0.4, 0.5) is 13.2 Å². The first-order valence-corrected chi connectivity index (χ1v) is 15.1. The van der Waals surface area contributed by atoms with Crippen LogP contribution in [0, 0.1) is 0 Å². The summed E-state index contributed by atoms with van der Waals surface area (Å²) < 4.78 is 39.4. The minimum Gasteiger partial charge on any atom is -0.361 e. The fraction of sp³-hybridized carbons (Fsp3) is 0.371. The lowest BCUT2D eigenvalue weighted by Gasteiger charge is -2.28. The molecule has 1 aliphatic rings. The number of halogens is 3. The average Bonchev–Trinajstić information content (AvgIpc) is 3.77. The Morgan fingerprint density at radius 3 is 2.26 bits per heavy atom. The zero-order valence-electron chi connectivity index (χ0n) is 24.5. The van der Waals surface area contributed by atoms with Gasteiger partial charge in [0.1, 0.15) is 6.54 Å². The van der Waals surface area contributed by atoms with Gasteiger partial charge in [-0.1, -0.05) is 62.2 Å². The summed E-state index contributed by atoms with van der Waals surface area (Å²) in [6, 6.07) is 20.5. The van der Waals surface area contributed by atoms with Gasteiger partial charge in [-0.3, -0.25) is 9.59 Å². The van der Waals surface area contributed by atoms with E-state index in [1.807, 2.05) is 54.7 Å². The van der Waals surface area contributed by atoms with Gasteiger partial charge in [-0.15, -0.1) is 0 Å². The molecule has 0 saturated heterocycles. The molecule has 5 rings (SSSR count). The maximum atomic E-state index is 13.8. The van der Waals surface area contributed by atoms with Crippen LogP contribution in [0.2, 0.25) is 0 Å². The number of fused-ring (bicyclic) bond motifs is 1. The quantitative estimate of drug-likeness (QED) is 0.162. The number of unbranched alkanes of at least 4 members (excludes halogenated alkanes) is 2. The molecule has 3 aromatic carbocycles. The summed E-state index contributed by atoms with van der Waals surface area (Å²) >= 11 is 0. The van der Waals surface area contributed by atoms with E-state index in [9.17, 15) is 22.8 Å².